The summed E-state index contributed by atoms with van der Waals surface area (Å²) in [6, 6.07) is 13.4. The van der Waals surface area contributed by atoms with E-state index in [1.807, 2.05) is 0 Å². The number of nitro groups is 1. The molecule has 0 aromatic heterocycles. The molecule has 0 saturated carbocycles. The Hall–Kier alpha value is -3.34. The molecule has 0 radical (unpaired) electrons. The number of halogens is 2. The van der Waals surface area contributed by atoms with Crippen LogP contribution in [0.2, 0.25) is 10.0 Å². The summed E-state index contributed by atoms with van der Waals surface area (Å²) in [5, 5.41) is 16.2. The van der Waals surface area contributed by atoms with E-state index in [0.717, 1.165) is 6.07 Å². The second-order valence-corrected chi connectivity index (χ2v) is 9.09. The van der Waals surface area contributed by atoms with Crippen molar-refractivity contribution in [3.05, 3.63) is 86.4 Å². The summed E-state index contributed by atoms with van der Waals surface area (Å²) >= 11 is 11.8. The van der Waals surface area contributed by atoms with Gasteiger partial charge in [-0.15, -0.1) is 0 Å². The molecule has 0 unspecified atom stereocenters. The molecule has 0 spiro atoms. The van der Waals surface area contributed by atoms with E-state index < -0.39 is 21.0 Å². The highest BCUT2D eigenvalue weighted by atomic mass is 35.5. The number of nitrogens with zero attached hydrogens (tertiary/aromatic N) is 1. The number of nitrogens with one attached hydrogen (secondary N) is 3. The number of hydrogen-bond acceptors (Lipinski definition) is 5. The number of non-ortho nitro benzene ring substituents is 1. The zero-order chi connectivity index (χ0) is 23.5. The number of anilines is 3. The lowest BCUT2D eigenvalue weighted by molar-refractivity contribution is -0.384. The molecule has 0 aliphatic rings. The van der Waals surface area contributed by atoms with Crippen LogP contribution in [0.1, 0.15) is 5.56 Å². The number of benzene rings is 3. The first kappa shape index (κ1) is 23.3. The van der Waals surface area contributed by atoms with Gasteiger partial charge in [-0.2, -0.15) is 0 Å². The highest BCUT2D eigenvalue weighted by Crippen LogP contribution is 2.27. The van der Waals surface area contributed by atoms with Crippen LogP contribution in [-0.4, -0.2) is 19.4 Å². The molecular weight excluding hydrogens is 479 g/mol. The van der Waals surface area contributed by atoms with Gasteiger partial charge in [-0.25, -0.2) is 13.2 Å². The van der Waals surface area contributed by atoms with E-state index in [4.69, 9.17) is 23.2 Å². The summed E-state index contributed by atoms with van der Waals surface area (Å²) in [4.78, 5) is 22.5. The van der Waals surface area contributed by atoms with E-state index in [2.05, 4.69) is 15.4 Å². The Bertz CT molecular complexity index is 1300. The molecule has 12 heteroatoms. The molecule has 0 fully saturated rings. The van der Waals surface area contributed by atoms with Gasteiger partial charge in [-0.1, -0.05) is 29.3 Å². The Balaban J connectivity index is 1.77. The van der Waals surface area contributed by atoms with E-state index in [1.54, 1.807) is 25.1 Å². The van der Waals surface area contributed by atoms with Crippen molar-refractivity contribution in [2.75, 3.05) is 15.4 Å². The van der Waals surface area contributed by atoms with Crippen molar-refractivity contribution in [3.63, 3.8) is 0 Å². The molecule has 0 heterocycles. The molecule has 0 saturated heterocycles. The van der Waals surface area contributed by atoms with Crippen LogP contribution < -0.4 is 15.4 Å². The minimum atomic E-state index is -3.94. The number of amides is 2. The average Bonchev–Trinajstić information content (AvgIpc) is 2.72. The monoisotopic (exact) mass is 494 g/mol. The maximum atomic E-state index is 12.8. The van der Waals surface area contributed by atoms with Crippen molar-refractivity contribution >= 4 is 62.0 Å². The minimum absolute atomic E-state index is 0.0197. The van der Waals surface area contributed by atoms with Crippen LogP contribution in [0, 0.1) is 17.0 Å². The van der Waals surface area contributed by atoms with Crippen LogP contribution in [0.15, 0.2) is 65.6 Å². The molecule has 2 amide bonds. The van der Waals surface area contributed by atoms with Gasteiger partial charge in [0.1, 0.15) is 0 Å². The Morgan fingerprint density at radius 3 is 2.22 bits per heavy atom. The van der Waals surface area contributed by atoms with E-state index in [9.17, 15) is 23.3 Å². The lowest BCUT2D eigenvalue weighted by Crippen LogP contribution is -2.20. The van der Waals surface area contributed by atoms with E-state index in [1.165, 1.54) is 36.4 Å². The third-order valence-electron chi connectivity index (χ3n) is 4.24. The van der Waals surface area contributed by atoms with Gasteiger partial charge in [0, 0.05) is 28.5 Å². The number of sulfonamides is 1. The van der Waals surface area contributed by atoms with E-state index in [0.29, 0.717) is 16.3 Å². The summed E-state index contributed by atoms with van der Waals surface area (Å²) < 4.78 is 28.1. The number of carbonyl (C=O) groups is 1. The summed E-state index contributed by atoms with van der Waals surface area (Å²) in [6.07, 6.45) is 0. The summed E-state index contributed by atoms with van der Waals surface area (Å²) in [5.74, 6) is 0. The number of aryl methyl sites for hydroxylation is 1. The van der Waals surface area contributed by atoms with Crippen molar-refractivity contribution in [3.8, 4) is 0 Å². The minimum Gasteiger partial charge on any atom is -0.308 e. The Labute approximate surface area is 193 Å². The van der Waals surface area contributed by atoms with Crippen LogP contribution in [0.4, 0.5) is 27.5 Å². The summed E-state index contributed by atoms with van der Waals surface area (Å²) in [6.45, 7) is 1.62. The first-order valence-corrected chi connectivity index (χ1v) is 11.2. The van der Waals surface area contributed by atoms with Crippen LogP contribution in [0.5, 0.6) is 0 Å². The molecule has 9 nitrogen and oxygen atoms in total. The van der Waals surface area contributed by atoms with E-state index >= 15 is 0 Å². The van der Waals surface area contributed by atoms with Gasteiger partial charge >= 0.3 is 6.03 Å². The molecule has 166 valence electrons. The van der Waals surface area contributed by atoms with Crippen LogP contribution in [0.25, 0.3) is 0 Å². The molecule has 0 aliphatic carbocycles. The second kappa shape index (κ2) is 9.43. The fourth-order valence-electron chi connectivity index (χ4n) is 2.70. The van der Waals surface area contributed by atoms with Gasteiger partial charge in [0.25, 0.3) is 15.7 Å². The highest BCUT2D eigenvalue weighted by molar-refractivity contribution is 7.92. The zero-order valence-electron chi connectivity index (χ0n) is 16.4. The van der Waals surface area contributed by atoms with Crippen LogP contribution in [0.3, 0.4) is 0 Å². The quantitative estimate of drug-likeness (QED) is 0.300. The van der Waals surface area contributed by atoms with E-state index in [-0.39, 0.29) is 27.0 Å². The lowest BCUT2D eigenvalue weighted by atomic mass is 10.2. The SMILES string of the molecule is Cc1ccc(NC(=O)Nc2ccc([N+](=O)[O-])cc2Cl)cc1S(=O)(=O)Nc1ccc(Cl)cc1. The number of rotatable bonds is 6. The topological polar surface area (TPSA) is 130 Å². The van der Waals surface area contributed by atoms with Gasteiger partial charge in [0.2, 0.25) is 0 Å². The number of urea groups is 1. The third kappa shape index (κ3) is 5.67. The van der Waals surface area contributed by atoms with Crippen molar-refractivity contribution < 1.29 is 18.1 Å². The molecule has 0 bridgehead atoms. The van der Waals surface area contributed by atoms with Gasteiger partial charge in [-0.3, -0.25) is 14.8 Å². The number of carbonyl (C=O) groups excluding carboxylic acids is 1. The molecule has 32 heavy (non-hydrogen) atoms. The van der Waals surface area contributed by atoms with Gasteiger partial charge in [-0.05, 0) is 55.0 Å². The van der Waals surface area contributed by atoms with Crippen LogP contribution >= 0.6 is 23.2 Å². The molecule has 3 rings (SSSR count). The maximum Gasteiger partial charge on any atom is 0.323 e. The predicted octanol–water partition coefficient (Wildman–Crippen LogP) is 5.65. The average molecular weight is 495 g/mol. The Kier molecular flexibility index (Phi) is 6.87. The molecule has 0 atom stereocenters. The first-order chi connectivity index (χ1) is 15.0. The van der Waals surface area contributed by atoms with Crippen molar-refractivity contribution in [2.45, 2.75) is 11.8 Å². The smallest absolute Gasteiger partial charge is 0.308 e. The fraction of sp³-hybridized carbons (Fsp3) is 0.0500. The van der Waals surface area contributed by atoms with Crippen molar-refractivity contribution in [1.29, 1.82) is 0 Å². The van der Waals surface area contributed by atoms with Crippen molar-refractivity contribution in [1.82, 2.24) is 0 Å². The molecular formula is C20H16Cl2N4O5S. The molecule has 3 aromatic carbocycles. The highest BCUT2D eigenvalue weighted by Gasteiger charge is 2.19. The Morgan fingerprint density at radius 1 is 0.938 bits per heavy atom. The van der Waals surface area contributed by atoms with Crippen molar-refractivity contribution in [2.24, 2.45) is 0 Å². The summed E-state index contributed by atoms with van der Waals surface area (Å²) in [7, 11) is -3.94. The summed E-state index contributed by atoms with van der Waals surface area (Å²) in [5.41, 5.74) is 0.942. The fourth-order valence-corrected chi connectivity index (χ4v) is 4.38. The largest absolute Gasteiger partial charge is 0.323 e. The predicted molar refractivity (Wildman–Crippen MR) is 124 cm³/mol. The Morgan fingerprint density at radius 2 is 1.59 bits per heavy atom. The third-order valence-corrected chi connectivity index (χ3v) is 6.33. The first-order valence-electron chi connectivity index (χ1n) is 8.96. The second-order valence-electron chi connectivity index (χ2n) is 6.59. The normalized spacial score (nSPS) is 11.0. The lowest BCUT2D eigenvalue weighted by Gasteiger charge is -2.13. The molecule has 3 aromatic rings. The number of nitro benzene ring substituents is 1. The molecule has 3 N–H and O–H groups in total. The molecule has 0 aliphatic heterocycles. The maximum absolute atomic E-state index is 12.8. The zero-order valence-corrected chi connectivity index (χ0v) is 18.8. The standard InChI is InChI=1S/C20H16Cl2N4O5S/c1-12-2-5-15(10-19(12)32(30,31)25-14-6-3-13(21)4-7-14)23-20(27)24-18-9-8-16(26(28)29)11-17(18)22/h2-11,25H,1H3,(H2,23,24,27). The van der Waals surface area contributed by atoms with Gasteiger partial charge in [0.15, 0.2) is 0 Å². The van der Waals surface area contributed by atoms with Crippen LogP contribution in [-0.2, 0) is 10.0 Å². The van der Waals surface area contributed by atoms with Gasteiger partial charge in [0.05, 0.1) is 20.5 Å². The van der Waals surface area contributed by atoms with Gasteiger partial charge < -0.3 is 10.6 Å². The number of hydrogen-bond donors (Lipinski definition) is 3.